The zero-order chi connectivity index (χ0) is 16.2. The van der Waals surface area contributed by atoms with Crippen molar-refractivity contribution in [3.8, 4) is 0 Å². The molecule has 0 atom stereocenters. The summed E-state index contributed by atoms with van der Waals surface area (Å²) in [6.07, 6.45) is 7.90. The first-order valence-electron chi connectivity index (χ1n) is 8.73. The molecule has 0 amide bonds. The Morgan fingerprint density at radius 1 is 0.875 bits per heavy atom. The molecule has 0 aliphatic heterocycles. The first-order chi connectivity index (χ1) is 11.9. The predicted molar refractivity (Wildman–Crippen MR) is 96.8 cm³/mol. The van der Waals surface area contributed by atoms with Crippen molar-refractivity contribution >= 4 is 0 Å². The third-order valence-electron chi connectivity index (χ3n) is 4.70. The van der Waals surface area contributed by atoms with Crippen molar-refractivity contribution in [2.75, 3.05) is 0 Å². The quantitative estimate of drug-likeness (QED) is 0.751. The molecule has 1 heterocycles. The van der Waals surface area contributed by atoms with Gasteiger partial charge in [-0.2, -0.15) is 5.10 Å². The minimum Gasteiger partial charge on any atom is -0.309 e. The van der Waals surface area contributed by atoms with Crippen LogP contribution < -0.4 is 5.32 Å². The normalized spacial score (nSPS) is 13.2. The molecular formula is C21H23N3. The molecule has 1 aliphatic rings. The van der Waals surface area contributed by atoms with Crippen molar-refractivity contribution in [1.29, 1.82) is 0 Å². The minimum absolute atomic E-state index is 0.825. The number of fused-ring (bicyclic) bond motifs is 1. The zero-order valence-corrected chi connectivity index (χ0v) is 13.9. The molecule has 122 valence electrons. The van der Waals surface area contributed by atoms with E-state index in [0.717, 1.165) is 19.6 Å². The summed E-state index contributed by atoms with van der Waals surface area (Å²) in [6, 6.07) is 17.4. The Morgan fingerprint density at radius 2 is 1.71 bits per heavy atom. The van der Waals surface area contributed by atoms with E-state index in [4.69, 9.17) is 0 Å². The van der Waals surface area contributed by atoms with Gasteiger partial charge in [0.2, 0.25) is 0 Å². The highest BCUT2D eigenvalue weighted by Crippen LogP contribution is 2.22. The average molecular weight is 317 g/mol. The summed E-state index contributed by atoms with van der Waals surface area (Å²) in [6.45, 7) is 2.59. The molecule has 2 aromatic carbocycles. The van der Waals surface area contributed by atoms with E-state index in [1.54, 1.807) is 11.1 Å². The Hall–Kier alpha value is -2.39. The van der Waals surface area contributed by atoms with Gasteiger partial charge in [0.25, 0.3) is 0 Å². The van der Waals surface area contributed by atoms with Crippen molar-refractivity contribution in [2.45, 2.75) is 38.9 Å². The van der Waals surface area contributed by atoms with Gasteiger partial charge in [-0.15, -0.1) is 0 Å². The van der Waals surface area contributed by atoms with Crippen molar-refractivity contribution in [3.05, 3.63) is 88.7 Å². The summed E-state index contributed by atoms with van der Waals surface area (Å²) in [5.74, 6) is 0. The van der Waals surface area contributed by atoms with Crippen LogP contribution in [0, 0.1) is 0 Å². The number of nitrogens with one attached hydrogen (secondary N) is 1. The van der Waals surface area contributed by atoms with Crippen LogP contribution in [0.2, 0.25) is 0 Å². The Morgan fingerprint density at radius 3 is 2.62 bits per heavy atom. The predicted octanol–water partition coefficient (Wildman–Crippen LogP) is 3.71. The fourth-order valence-electron chi connectivity index (χ4n) is 3.44. The molecule has 24 heavy (non-hydrogen) atoms. The van der Waals surface area contributed by atoms with E-state index in [2.05, 4.69) is 59.1 Å². The molecule has 1 aromatic heterocycles. The highest BCUT2D eigenvalue weighted by molar-refractivity contribution is 5.35. The Bertz CT molecular complexity index is 805. The summed E-state index contributed by atoms with van der Waals surface area (Å²) in [7, 11) is 0. The first-order valence-corrected chi connectivity index (χ1v) is 8.73. The lowest BCUT2D eigenvalue weighted by Gasteiger charge is -2.06. The molecular weight excluding hydrogens is 294 g/mol. The Balaban J connectivity index is 1.30. The molecule has 0 saturated carbocycles. The van der Waals surface area contributed by atoms with Gasteiger partial charge in [0, 0.05) is 24.8 Å². The average Bonchev–Trinajstić information content (AvgIpc) is 3.25. The van der Waals surface area contributed by atoms with Crippen LogP contribution in [0.15, 0.2) is 60.9 Å². The molecule has 1 N–H and O–H groups in total. The second-order valence-corrected chi connectivity index (χ2v) is 6.59. The zero-order valence-electron chi connectivity index (χ0n) is 13.9. The second kappa shape index (κ2) is 7.02. The summed E-state index contributed by atoms with van der Waals surface area (Å²) in [5, 5.41) is 7.99. The molecule has 3 heteroatoms. The van der Waals surface area contributed by atoms with E-state index in [9.17, 15) is 0 Å². The van der Waals surface area contributed by atoms with Crippen LogP contribution in [0.25, 0.3) is 0 Å². The van der Waals surface area contributed by atoms with E-state index in [0.29, 0.717) is 0 Å². The number of hydrogen-bond acceptors (Lipinski definition) is 2. The maximum atomic E-state index is 4.46. The highest BCUT2D eigenvalue weighted by atomic mass is 15.3. The fraction of sp³-hybridized carbons (Fsp3) is 0.286. The lowest BCUT2D eigenvalue weighted by atomic mass is 10.1. The van der Waals surface area contributed by atoms with Crippen molar-refractivity contribution in [3.63, 3.8) is 0 Å². The summed E-state index contributed by atoms with van der Waals surface area (Å²) in [5.41, 5.74) is 6.98. The van der Waals surface area contributed by atoms with Crippen LogP contribution in [0.1, 0.15) is 34.2 Å². The van der Waals surface area contributed by atoms with Crippen LogP contribution in [-0.2, 0) is 32.5 Å². The number of aromatic nitrogens is 2. The van der Waals surface area contributed by atoms with Crippen molar-refractivity contribution in [1.82, 2.24) is 15.1 Å². The molecule has 3 aromatic rings. The molecule has 3 nitrogen and oxygen atoms in total. The molecule has 4 rings (SSSR count). The van der Waals surface area contributed by atoms with Gasteiger partial charge in [0.15, 0.2) is 0 Å². The first kappa shape index (κ1) is 15.2. The van der Waals surface area contributed by atoms with Gasteiger partial charge >= 0.3 is 0 Å². The molecule has 0 saturated heterocycles. The minimum atomic E-state index is 0.825. The van der Waals surface area contributed by atoms with Crippen LogP contribution in [0.4, 0.5) is 0 Å². The topological polar surface area (TPSA) is 29.9 Å². The third-order valence-corrected chi connectivity index (χ3v) is 4.70. The largest absolute Gasteiger partial charge is 0.309 e. The maximum absolute atomic E-state index is 4.46. The SMILES string of the molecule is c1ccc(Cn2cc(CNCc3ccc4c(c3)CCC4)cn2)cc1. The van der Waals surface area contributed by atoms with E-state index < -0.39 is 0 Å². The molecule has 0 radical (unpaired) electrons. The van der Waals surface area contributed by atoms with Crippen LogP contribution in [-0.4, -0.2) is 9.78 Å². The Kier molecular flexibility index (Phi) is 4.43. The van der Waals surface area contributed by atoms with E-state index in [1.807, 2.05) is 16.9 Å². The van der Waals surface area contributed by atoms with Gasteiger partial charge in [-0.1, -0.05) is 48.5 Å². The van der Waals surface area contributed by atoms with Gasteiger partial charge in [-0.25, -0.2) is 0 Å². The third kappa shape index (κ3) is 3.57. The van der Waals surface area contributed by atoms with E-state index >= 15 is 0 Å². The molecule has 0 spiro atoms. The smallest absolute Gasteiger partial charge is 0.0659 e. The lowest BCUT2D eigenvalue weighted by Crippen LogP contribution is -2.12. The summed E-state index contributed by atoms with van der Waals surface area (Å²) < 4.78 is 2.00. The van der Waals surface area contributed by atoms with Gasteiger partial charge in [-0.3, -0.25) is 4.68 Å². The number of aryl methyl sites for hydroxylation is 2. The standard InChI is InChI=1S/C21H23N3/c1-2-5-17(6-3-1)15-24-16-19(14-23-24)13-22-12-18-9-10-20-7-4-8-21(20)11-18/h1-3,5-6,9-11,14,16,22H,4,7-8,12-13,15H2. The van der Waals surface area contributed by atoms with Crippen LogP contribution in [0.5, 0.6) is 0 Å². The van der Waals surface area contributed by atoms with E-state index in [1.165, 1.54) is 36.0 Å². The van der Waals surface area contributed by atoms with Gasteiger partial charge < -0.3 is 5.32 Å². The number of nitrogens with zero attached hydrogens (tertiary/aromatic N) is 2. The van der Waals surface area contributed by atoms with Crippen LogP contribution >= 0.6 is 0 Å². The lowest BCUT2D eigenvalue weighted by molar-refractivity contribution is 0.677. The van der Waals surface area contributed by atoms with Gasteiger partial charge in [-0.05, 0) is 41.5 Å². The number of rotatable bonds is 6. The fourth-order valence-corrected chi connectivity index (χ4v) is 3.44. The molecule has 0 bridgehead atoms. The molecule has 1 aliphatic carbocycles. The van der Waals surface area contributed by atoms with Crippen molar-refractivity contribution < 1.29 is 0 Å². The van der Waals surface area contributed by atoms with Gasteiger partial charge in [0.1, 0.15) is 0 Å². The Labute approximate surface area is 143 Å². The van der Waals surface area contributed by atoms with E-state index in [-0.39, 0.29) is 0 Å². The summed E-state index contributed by atoms with van der Waals surface area (Å²) >= 11 is 0. The number of benzene rings is 2. The highest BCUT2D eigenvalue weighted by Gasteiger charge is 2.10. The van der Waals surface area contributed by atoms with Crippen molar-refractivity contribution in [2.24, 2.45) is 0 Å². The molecule has 0 unspecified atom stereocenters. The second-order valence-electron chi connectivity index (χ2n) is 6.59. The monoisotopic (exact) mass is 317 g/mol. The maximum Gasteiger partial charge on any atom is 0.0659 e. The number of hydrogen-bond donors (Lipinski definition) is 1. The molecule has 0 fully saturated rings. The van der Waals surface area contributed by atoms with Crippen LogP contribution in [0.3, 0.4) is 0 Å². The summed E-state index contributed by atoms with van der Waals surface area (Å²) in [4.78, 5) is 0. The van der Waals surface area contributed by atoms with Gasteiger partial charge in [0.05, 0.1) is 12.7 Å².